The van der Waals surface area contributed by atoms with Crippen LogP contribution < -0.4 is 10.6 Å². The predicted octanol–water partition coefficient (Wildman–Crippen LogP) is 0.219. The molecule has 4 atom stereocenters. The van der Waals surface area contributed by atoms with Crippen molar-refractivity contribution in [2.24, 2.45) is 11.8 Å². The summed E-state index contributed by atoms with van der Waals surface area (Å²) >= 11 is 0. The Labute approximate surface area is 80.2 Å². The van der Waals surface area contributed by atoms with Crippen molar-refractivity contribution >= 4 is 0 Å². The van der Waals surface area contributed by atoms with Crippen molar-refractivity contribution in [2.45, 2.75) is 25.4 Å². The third-order valence-electron chi connectivity index (χ3n) is 3.32. The fourth-order valence-corrected chi connectivity index (χ4v) is 2.03. The lowest BCUT2D eigenvalue weighted by Crippen LogP contribution is -2.39. The zero-order valence-corrected chi connectivity index (χ0v) is 8.55. The van der Waals surface area contributed by atoms with Gasteiger partial charge in [0.2, 0.25) is 0 Å². The van der Waals surface area contributed by atoms with Crippen LogP contribution >= 0.6 is 0 Å². The van der Waals surface area contributed by atoms with Crippen molar-refractivity contribution in [1.29, 1.82) is 0 Å². The van der Waals surface area contributed by atoms with Crippen LogP contribution in [0.4, 0.5) is 0 Å². The number of ether oxygens (including phenoxy) is 1. The van der Waals surface area contributed by atoms with E-state index in [1.165, 1.54) is 6.42 Å². The van der Waals surface area contributed by atoms with Crippen LogP contribution in [0.5, 0.6) is 0 Å². The number of hydrogen-bond acceptors (Lipinski definition) is 3. The molecule has 2 fully saturated rings. The van der Waals surface area contributed by atoms with Gasteiger partial charge < -0.3 is 15.4 Å². The largest absolute Gasteiger partial charge is 0.379 e. The highest BCUT2D eigenvalue weighted by Gasteiger charge is 2.34. The molecule has 2 aliphatic rings. The molecule has 4 unspecified atom stereocenters. The van der Waals surface area contributed by atoms with Gasteiger partial charge in [0.1, 0.15) is 0 Å². The van der Waals surface area contributed by atoms with Crippen LogP contribution in [-0.4, -0.2) is 38.9 Å². The predicted molar refractivity (Wildman–Crippen MR) is 52.7 cm³/mol. The molecular formula is C10H20N2O. The highest BCUT2D eigenvalue weighted by Crippen LogP contribution is 2.29. The maximum absolute atomic E-state index is 5.44. The van der Waals surface area contributed by atoms with Crippen molar-refractivity contribution in [3.05, 3.63) is 0 Å². The molecule has 0 amide bonds. The average Bonchev–Trinajstić information content (AvgIpc) is 2.68. The monoisotopic (exact) mass is 184 g/mol. The second-order valence-electron chi connectivity index (χ2n) is 4.42. The summed E-state index contributed by atoms with van der Waals surface area (Å²) in [6.07, 6.45) is 1.36. The van der Waals surface area contributed by atoms with E-state index in [0.29, 0.717) is 12.0 Å². The van der Waals surface area contributed by atoms with Crippen LogP contribution in [0.25, 0.3) is 0 Å². The first-order chi connectivity index (χ1) is 6.31. The fourth-order valence-electron chi connectivity index (χ4n) is 2.03. The molecule has 13 heavy (non-hydrogen) atoms. The molecule has 76 valence electrons. The normalized spacial score (nSPS) is 43.8. The van der Waals surface area contributed by atoms with E-state index >= 15 is 0 Å². The third kappa shape index (κ3) is 2.22. The number of likely N-dealkylation sites (N-methyl/N-ethyl adjacent to an activating group) is 1. The van der Waals surface area contributed by atoms with E-state index in [9.17, 15) is 0 Å². The van der Waals surface area contributed by atoms with Crippen molar-refractivity contribution in [3.8, 4) is 0 Å². The number of rotatable bonds is 4. The van der Waals surface area contributed by atoms with E-state index in [0.717, 1.165) is 31.7 Å². The van der Waals surface area contributed by atoms with Crippen LogP contribution in [0.3, 0.4) is 0 Å². The van der Waals surface area contributed by atoms with Gasteiger partial charge in [-0.15, -0.1) is 0 Å². The van der Waals surface area contributed by atoms with E-state index in [2.05, 4.69) is 17.6 Å². The van der Waals surface area contributed by atoms with Crippen LogP contribution in [0, 0.1) is 11.8 Å². The third-order valence-corrected chi connectivity index (χ3v) is 3.32. The standard InChI is InChI=1S/C10H20N2O/c1-7-3-9(7)12-4-8-5-13-6-10(8)11-2/h7-12H,3-6H2,1-2H3. The van der Waals surface area contributed by atoms with Crippen LogP contribution in [0.1, 0.15) is 13.3 Å². The second-order valence-corrected chi connectivity index (χ2v) is 4.42. The number of hydrogen-bond donors (Lipinski definition) is 2. The van der Waals surface area contributed by atoms with Crippen molar-refractivity contribution in [1.82, 2.24) is 10.6 Å². The van der Waals surface area contributed by atoms with Gasteiger partial charge in [0.15, 0.2) is 0 Å². The molecule has 3 nitrogen and oxygen atoms in total. The zero-order valence-electron chi connectivity index (χ0n) is 8.55. The van der Waals surface area contributed by atoms with Gasteiger partial charge in [-0.2, -0.15) is 0 Å². The van der Waals surface area contributed by atoms with E-state index in [1.54, 1.807) is 0 Å². The molecule has 1 heterocycles. The first-order valence-corrected chi connectivity index (χ1v) is 5.29. The molecule has 1 aliphatic carbocycles. The number of nitrogens with one attached hydrogen (secondary N) is 2. The molecule has 1 saturated heterocycles. The van der Waals surface area contributed by atoms with Gasteiger partial charge in [0.05, 0.1) is 13.2 Å². The molecule has 0 bridgehead atoms. The second kappa shape index (κ2) is 3.95. The van der Waals surface area contributed by atoms with Crippen LogP contribution in [0.2, 0.25) is 0 Å². The zero-order chi connectivity index (χ0) is 9.26. The van der Waals surface area contributed by atoms with E-state index < -0.39 is 0 Å². The molecule has 1 aliphatic heterocycles. The summed E-state index contributed by atoms with van der Waals surface area (Å²) in [5, 5.41) is 6.90. The highest BCUT2D eigenvalue weighted by molar-refractivity contribution is 4.91. The highest BCUT2D eigenvalue weighted by atomic mass is 16.5. The van der Waals surface area contributed by atoms with Crippen molar-refractivity contribution < 1.29 is 4.74 Å². The molecule has 1 saturated carbocycles. The topological polar surface area (TPSA) is 33.3 Å². The molecule has 2 N–H and O–H groups in total. The molecule has 0 aromatic heterocycles. The molecule has 0 aromatic carbocycles. The van der Waals surface area contributed by atoms with Crippen molar-refractivity contribution in [2.75, 3.05) is 26.8 Å². The minimum atomic E-state index is 0.557. The molecule has 0 spiro atoms. The Morgan fingerprint density at radius 2 is 2.08 bits per heavy atom. The average molecular weight is 184 g/mol. The first-order valence-electron chi connectivity index (χ1n) is 5.29. The summed E-state index contributed by atoms with van der Waals surface area (Å²) in [5.41, 5.74) is 0. The fraction of sp³-hybridized carbons (Fsp3) is 1.00. The van der Waals surface area contributed by atoms with Gasteiger partial charge in [0.25, 0.3) is 0 Å². The quantitative estimate of drug-likeness (QED) is 0.655. The van der Waals surface area contributed by atoms with Gasteiger partial charge in [-0.1, -0.05) is 6.92 Å². The smallest absolute Gasteiger partial charge is 0.0623 e. The molecule has 3 heteroatoms. The summed E-state index contributed by atoms with van der Waals surface area (Å²) in [6, 6.07) is 1.35. The minimum absolute atomic E-state index is 0.557. The van der Waals surface area contributed by atoms with Crippen LogP contribution in [0.15, 0.2) is 0 Å². The van der Waals surface area contributed by atoms with Gasteiger partial charge in [-0.25, -0.2) is 0 Å². The van der Waals surface area contributed by atoms with E-state index in [1.807, 2.05) is 7.05 Å². The summed E-state index contributed by atoms with van der Waals surface area (Å²) in [7, 11) is 2.02. The first kappa shape index (κ1) is 9.44. The van der Waals surface area contributed by atoms with Gasteiger partial charge >= 0.3 is 0 Å². The molecule has 2 rings (SSSR count). The minimum Gasteiger partial charge on any atom is -0.379 e. The summed E-state index contributed by atoms with van der Waals surface area (Å²) < 4.78 is 5.44. The Kier molecular flexibility index (Phi) is 2.86. The maximum Gasteiger partial charge on any atom is 0.0623 e. The Bertz CT molecular complexity index is 174. The van der Waals surface area contributed by atoms with Crippen LogP contribution in [-0.2, 0) is 4.74 Å². The summed E-state index contributed by atoms with van der Waals surface area (Å²) in [6.45, 7) is 5.21. The van der Waals surface area contributed by atoms with E-state index in [4.69, 9.17) is 4.74 Å². The summed E-state index contributed by atoms with van der Waals surface area (Å²) in [4.78, 5) is 0. The molecule has 0 radical (unpaired) electrons. The Morgan fingerprint density at radius 1 is 1.31 bits per heavy atom. The van der Waals surface area contributed by atoms with E-state index in [-0.39, 0.29) is 0 Å². The van der Waals surface area contributed by atoms with Gasteiger partial charge in [0, 0.05) is 24.5 Å². The summed E-state index contributed by atoms with van der Waals surface area (Å²) in [5.74, 6) is 1.56. The lowest BCUT2D eigenvalue weighted by Gasteiger charge is -2.17. The van der Waals surface area contributed by atoms with Gasteiger partial charge in [-0.3, -0.25) is 0 Å². The maximum atomic E-state index is 5.44. The Balaban J connectivity index is 1.68. The Morgan fingerprint density at radius 3 is 2.69 bits per heavy atom. The Hall–Kier alpha value is -0.120. The van der Waals surface area contributed by atoms with Gasteiger partial charge in [-0.05, 0) is 19.4 Å². The lowest BCUT2D eigenvalue weighted by atomic mass is 10.0. The molecular weight excluding hydrogens is 164 g/mol. The van der Waals surface area contributed by atoms with Crippen molar-refractivity contribution in [3.63, 3.8) is 0 Å². The molecule has 0 aromatic rings. The SMILES string of the molecule is CNC1COCC1CNC1CC1C. The lowest BCUT2D eigenvalue weighted by molar-refractivity contribution is 0.182.